The van der Waals surface area contributed by atoms with Gasteiger partial charge in [-0.25, -0.2) is 4.98 Å². The molecule has 2 heterocycles. The summed E-state index contributed by atoms with van der Waals surface area (Å²) in [5.41, 5.74) is 5.92. The van der Waals surface area contributed by atoms with Crippen LogP contribution in [0.25, 0.3) is 9.53 Å². The van der Waals surface area contributed by atoms with Crippen LogP contribution < -0.4 is 16.0 Å². The highest BCUT2D eigenvalue weighted by atomic mass is 35.5. The van der Waals surface area contributed by atoms with Crippen molar-refractivity contribution in [2.24, 2.45) is 5.73 Å². The molecule has 1 saturated carbocycles. The molecule has 0 saturated heterocycles. The molecule has 142 valence electrons. The topological polar surface area (TPSA) is 71.2 Å². The van der Waals surface area contributed by atoms with Gasteiger partial charge in [0.2, 0.25) is 0 Å². The molecule has 1 aliphatic rings. The van der Waals surface area contributed by atoms with Gasteiger partial charge in [0, 0.05) is 25.2 Å². The van der Waals surface area contributed by atoms with Crippen LogP contribution in [0.3, 0.4) is 0 Å². The Morgan fingerprint density at radius 3 is 2.44 bits per heavy atom. The van der Waals surface area contributed by atoms with Crippen molar-refractivity contribution in [2.75, 3.05) is 18.0 Å². The van der Waals surface area contributed by atoms with Crippen LogP contribution in [0.2, 0.25) is 0 Å². The van der Waals surface area contributed by atoms with Crippen molar-refractivity contribution in [2.45, 2.75) is 51.6 Å². The number of aromatic nitrogens is 1. The number of rotatable bonds is 5. The van der Waals surface area contributed by atoms with Crippen molar-refractivity contribution < 1.29 is 4.79 Å². The van der Waals surface area contributed by atoms with Crippen LogP contribution in [-0.2, 0) is 0 Å². The molecule has 0 aliphatic heterocycles. The molecule has 2 aromatic rings. The summed E-state index contributed by atoms with van der Waals surface area (Å²) in [7, 11) is 0. The molecule has 0 spiro atoms. The molecule has 3 rings (SSSR count). The van der Waals surface area contributed by atoms with Crippen molar-refractivity contribution in [3.8, 4) is 0 Å². The van der Waals surface area contributed by atoms with Crippen LogP contribution in [0.5, 0.6) is 0 Å². The molecule has 1 fully saturated rings. The minimum absolute atomic E-state index is 0. The molecule has 0 unspecified atom stereocenters. The average Bonchev–Trinajstić information content (AvgIpc) is 3.10. The highest BCUT2D eigenvalue weighted by molar-refractivity contribution is 7.29. The van der Waals surface area contributed by atoms with Crippen molar-refractivity contribution in [3.05, 3.63) is 10.9 Å². The van der Waals surface area contributed by atoms with Gasteiger partial charge < -0.3 is 16.0 Å². The first kappa shape index (κ1) is 22.4. The van der Waals surface area contributed by atoms with E-state index in [1.54, 1.807) is 11.3 Å². The Morgan fingerprint density at radius 2 is 1.88 bits per heavy atom. The molecule has 25 heavy (non-hydrogen) atoms. The zero-order chi connectivity index (χ0) is 16.4. The summed E-state index contributed by atoms with van der Waals surface area (Å²) in [5.74, 6) is 0.0325. The number of nitrogens with zero attached hydrogens (tertiary/aromatic N) is 2. The minimum atomic E-state index is 0. The third-order valence-electron chi connectivity index (χ3n) is 4.44. The molecular formula is C16H26Cl2N4OS2. The van der Waals surface area contributed by atoms with Gasteiger partial charge in [0.25, 0.3) is 5.91 Å². The fraction of sp³-hybridized carbons (Fsp3) is 0.625. The first-order valence-corrected chi connectivity index (χ1v) is 9.95. The van der Waals surface area contributed by atoms with E-state index in [-0.39, 0.29) is 36.8 Å². The third-order valence-corrected chi connectivity index (χ3v) is 6.66. The number of nitrogens with one attached hydrogen (secondary N) is 1. The van der Waals surface area contributed by atoms with Gasteiger partial charge in [-0.2, -0.15) is 0 Å². The van der Waals surface area contributed by atoms with E-state index >= 15 is 0 Å². The number of thiophene rings is 1. The maximum atomic E-state index is 12.4. The predicted octanol–water partition coefficient (Wildman–Crippen LogP) is 4.05. The summed E-state index contributed by atoms with van der Waals surface area (Å²) in [6.07, 6.45) is 3.96. The van der Waals surface area contributed by atoms with E-state index in [9.17, 15) is 4.79 Å². The summed E-state index contributed by atoms with van der Waals surface area (Å²) < 4.78 is 1.10. The Balaban J connectivity index is 0.00000156. The van der Waals surface area contributed by atoms with Crippen LogP contribution >= 0.6 is 47.5 Å². The van der Waals surface area contributed by atoms with Gasteiger partial charge in [-0.1, -0.05) is 11.3 Å². The van der Waals surface area contributed by atoms with E-state index in [1.807, 2.05) is 6.07 Å². The van der Waals surface area contributed by atoms with Crippen molar-refractivity contribution in [1.29, 1.82) is 0 Å². The van der Waals surface area contributed by atoms with E-state index in [0.29, 0.717) is 6.04 Å². The average molecular weight is 425 g/mol. The van der Waals surface area contributed by atoms with Gasteiger partial charge in [0.1, 0.15) is 4.83 Å². The normalized spacial score (nSPS) is 19.8. The van der Waals surface area contributed by atoms with E-state index in [1.165, 1.54) is 11.3 Å². The number of nitrogens with two attached hydrogens (primary N) is 1. The third kappa shape index (κ3) is 5.20. The van der Waals surface area contributed by atoms with E-state index in [2.05, 4.69) is 29.0 Å². The zero-order valence-electron chi connectivity index (χ0n) is 14.5. The number of anilines is 1. The van der Waals surface area contributed by atoms with Crippen molar-refractivity contribution >= 4 is 68.1 Å². The van der Waals surface area contributed by atoms with E-state index in [4.69, 9.17) is 5.73 Å². The number of hydrogen-bond acceptors (Lipinski definition) is 6. The fourth-order valence-corrected chi connectivity index (χ4v) is 5.23. The Labute approximate surface area is 169 Å². The second-order valence-electron chi connectivity index (χ2n) is 6.03. The van der Waals surface area contributed by atoms with Gasteiger partial charge in [-0.05, 0) is 45.6 Å². The molecule has 9 heteroatoms. The Bertz CT molecular complexity index is 647. The summed E-state index contributed by atoms with van der Waals surface area (Å²) in [6.45, 7) is 6.17. The first-order chi connectivity index (χ1) is 11.1. The maximum absolute atomic E-state index is 12.4. The number of carbonyl (C=O) groups is 1. The lowest BCUT2D eigenvalue weighted by atomic mass is 9.92. The largest absolute Gasteiger partial charge is 0.349 e. The molecule has 0 bridgehead atoms. The Morgan fingerprint density at radius 1 is 1.24 bits per heavy atom. The molecule has 0 atom stereocenters. The zero-order valence-corrected chi connectivity index (χ0v) is 17.8. The van der Waals surface area contributed by atoms with Crippen LogP contribution in [-0.4, -0.2) is 36.1 Å². The van der Waals surface area contributed by atoms with Crippen molar-refractivity contribution in [1.82, 2.24) is 10.3 Å². The van der Waals surface area contributed by atoms with Crippen LogP contribution in [0, 0.1) is 0 Å². The van der Waals surface area contributed by atoms with Gasteiger partial charge in [0.05, 0.1) is 9.58 Å². The molecule has 0 radical (unpaired) electrons. The van der Waals surface area contributed by atoms with Gasteiger partial charge in [0.15, 0.2) is 5.13 Å². The SMILES string of the molecule is CCN(CC)c1nc2sc(C(=O)NC3CCC(N)CC3)cc2s1.Cl.Cl. The van der Waals surface area contributed by atoms with Crippen LogP contribution in [0.1, 0.15) is 49.2 Å². The monoisotopic (exact) mass is 424 g/mol. The molecule has 5 nitrogen and oxygen atoms in total. The Hall–Kier alpha value is -0.600. The second-order valence-corrected chi connectivity index (χ2v) is 8.07. The summed E-state index contributed by atoms with van der Waals surface area (Å²) >= 11 is 3.16. The predicted molar refractivity (Wildman–Crippen MR) is 113 cm³/mol. The first-order valence-electron chi connectivity index (χ1n) is 8.32. The Kier molecular flexibility index (Phi) is 8.91. The molecular weight excluding hydrogens is 399 g/mol. The fourth-order valence-electron chi connectivity index (χ4n) is 2.99. The van der Waals surface area contributed by atoms with Crippen molar-refractivity contribution in [3.63, 3.8) is 0 Å². The molecule has 3 N–H and O–H groups in total. The van der Waals surface area contributed by atoms with Gasteiger partial charge in [-0.15, -0.1) is 36.2 Å². The minimum Gasteiger partial charge on any atom is -0.349 e. The number of hydrogen-bond donors (Lipinski definition) is 2. The number of amides is 1. The number of halogens is 2. The number of fused-ring (bicyclic) bond motifs is 1. The highest BCUT2D eigenvalue weighted by Crippen LogP contribution is 2.34. The van der Waals surface area contributed by atoms with Gasteiger partial charge in [-0.3, -0.25) is 4.79 Å². The number of thiazole rings is 1. The van der Waals surface area contributed by atoms with E-state index < -0.39 is 0 Å². The maximum Gasteiger partial charge on any atom is 0.261 e. The molecule has 0 aromatic carbocycles. The van der Waals surface area contributed by atoms with E-state index in [0.717, 1.165) is 58.3 Å². The highest BCUT2D eigenvalue weighted by Gasteiger charge is 2.22. The molecule has 2 aromatic heterocycles. The number of carbonyl (C=O) groups excluding carboxylic acids is 1. The summed E-state index contributed by atoms with van der Waals surface area (Å²) in [6, 6.07) is 2.55. The summed E-state index contributed by atoms with van der Waals surface area (Å²) in [4.78, 5) is 21.1. The molecule has 1 aliphatic carbocycles. The summed E-state index contributed by atoms with van der Waals surface area (Å²) in [5, 5.41) is 4.19. The quantitative estimate of drug-likeness (QED) is 0.758. The molecule has 1 amide bonds. The lowest BCUT2D eigenvalue weighted by Crippen LogP contribution is -2.40. The lowest BCUT2D eigenvalue weighted by Gasteiger charge is -2.26. The standard InChI is InChI=1S/C16H24N4OS2.2ClH/c1-3-20(4-2)16-19-15-13(23-16)9-12(22-15)14(21)18-11-7-5-10(17)6-8-11;;/h9-11H,3-8,17H2,1-2H3,(H,18,21);2*1H. The van der Waals surface area contributed by atoms with Crippen LogP contribution in [0.4, 0.5) is 5.13 Å². The lowest BCUT2D eigenvalue weighted by molar-refractivity contribution is 0.0930. The second kappa shape index (κ2) is 9.92. The van der Waals surface area contributed by atoms with Crippen LogP contribution in [0.15, 0.2) is 6.07 Å². The smallest absolute Gasteiger partial charge is 0.261 e. The van der Waals surface area contributed by atoms with Gasteiger partial charge >= 0.3 is 0 Å².